The van der Waals surface area contributed by atoms with Crippen molar-refractivity contribution in [1.29, 1.82) is 0 Å². The van der Waals surface area contributed by atoms with Crippen LogP contribution in [-0.2, 0) is 30.2 Å². The first-order valence-corrected chi connectivity index (χ1v) is 18.8. The Balaban J connectivity index is 1.19. The molecule has 7 rings (SSSR count). The highest BCUT2D eigenvalue weighted by molar-refractivity contribution is 6.47. The van der Waals surface area contributed by atoms with Crippen LogP contribution >= 0.6 is 0 Å². The van der Waals surface area contributed by atoms with Crippen LogP contribution in [0.5, 0.6) is 0 Å². The van der Waals surface area contributed by atoms with E-state index in [1.54, 1.807) is 4.90 Å². The summed E-state index contributed by atoms with van der Waals surface area (Å²) in [5.74, 6) is 0.591. The number of hydrogen-bond donors (Lipinski definition) is 2. The minimum Gasteiger partial charge on any atom is -0.445 e. The molecule has 2 aliphatic heterocycles. The van der Waals surface area contributed by atoms with Crippen LogP contribution in [0.25, 0.3) is 0 Å². The van der Waals surface area contributed by atoms with E-state index >= 15 is 0 Å². The number of likely N-dealkylation sites (tertiary alicyclic amines) is 1. The van der Waals surface area contributed by atoms with Gasteiger partial charge in [0, 0.05) is 6.54 Å². The maximum atomic E-state index is 14.6. The summed E-state index contributed by atoms with van der Waals surface area (Å²) >= 11 is 0. The highest BCUT2D eigenvalue weighted by Gasteiger charge is 2.68. The minimum absolute atomic E-state index is 0.0336. The van der Waals surface area contributed by atoms with E-state index in [1.165, 1.54) is 12.8 Å². The maximum absolute atomic E-state index is 14.6. The zero-order chi connectivity index (χ0) is 34.3. The van der Waals surface area contributed by atoms with Crippen molar-refractivity contribution in [3.05, 3.63) is 35.9 Å². The summed E-state index contributed by atoms with van der Waals surface area (Å²) in [5, 5.41) is 6.33. The van der Waals surface area contributed by atoms with Gasteiger partial charge in [0.15, 0.2) is 0 Å². The fourth-order valence-electron chi connectivity index (χ4n) is 9.85. The molecule has 6 unspecified atom stereocenters. The highest BCUT2D eigenvalue weighted by atomic mass is 16.7. The molecule has 2 heterocycles. The molecule has 264 valence electrons. The average Bonchev–Trinajstić information content (AvgIpc) is 3.44. The van der Waals surface area contributed by atoms with Crippen molar-refractivity contribution in [3.63, 3.8) is 0 Å². The molecular formula is C38H58BN3O6. The largest absolute Gasteiger partial charge is 0.481 e. The molecule has 0 aromatic heterocycles. The first-order chi connectivity index (χ1) is 22.9. The molecule has 6 aliphatic rings. The van der Waals surface area contributed by atoms with Crippen LogP contribution in [0.2, 0.25) is 0 Å². The summed E-state index contributed by atoms with van der Waals surface area (Å²) in [6.45, 7) is 13.5. The molecule has 2 saturated heterocycles. The Morgan fingerprint density at radius 2 is 1.79 bits per heavy atom. The van der Waals surface area contributed by atoms with Crippen molar-refractivity contribution < 1.29 is 28.4 Å². The third-order valence-electron chi connectivity index (χ3n) is 13.2. The Kier molecular flexibility index (Phi) is 10.3. The number of carbonyl (C=O) groups excluding carboxylic acids is 3. The number of rotatable bonds is 11. The zero-order valence-corrected chi connectivity index (χ0v) is 30.1. The Morgan fingerprint density at radius 3 is 2.46 bits per heavy atom. The molecule has 10 heteroatoms. The third kappa shape index (κ3) is 6.52. The van der Waals surface area contributed by atoms with Gasteiger partial charge in [-0.1, -0.05) is 97.1 Å². The molecular weight excluding hydrogens is 605 g/mol. The number of carbonyl (C=O) groups is 3. The lowest BCUT2D eigenvalue weighted by Crippen LogP contribution is -2.68. The summed E-state index contributed by atoms with van der Waals surface area (Å²) in [7, 11) is -0.521. The molecule has 9 nitrogen and oxygen atoms in total. The van der Waals surface area contributed by atoms with Gasteiger partial charge < -0.3 is 29.6 Å². The molecule has 2 N–H and O–H groups in total. The van der Waals surface area contributed by atoms with Crippen LogP contribution in [0.15, 0.2) is 30.3 Å². The van der Waals surface area contributed by atoms with E-state index in [4.69, 9.17) is 14.0 Å². The van der Waals surface area contributed by atoms with E-state index in [2.05, 4.69) is 38.3 Å². The van der Waals surface area contributed by atoms with E-state index in [0.717, 1.165) is 37.7 Å². The van der Waals surface area contributed by atoms with Crippen LogP contribution < -0.4 is 10.6 Å². The number of nitrogens with zero attached hydrogens (tertiary/aromatic N) is 1. The van der Waals surface area contributed by atoms with E-state index in [0.29, 0.717) is 50.0 Å². The van der Waals surface area contributed by atoms with Gasteiger partial charge in [-0.3, -0.25) is 9.59 Å². The standard InChI is InChI=1S/C38H58BN3O6/c1-7-32(39-47-31-23-28-22-30(36(28,4)5)37(31,6)48-39)40-33(43)29(21-26-15-10-8-11-16-26)42-20-14-19-38(25(2)3,34(42)44)41-35(45)46-24-27-17-12-9-13-18-27/h9,12-13,17-18,25-26,28-32H,7-8,10-11,14-16,19-24H2,1-6H3,(H,40,43)(H,41,45)/t28?,29-,30?,31?,32?,37?,38?/m0/s1. The summed E-state index contributed by atoms with van der Waals surface area (Å²) < 4.78 is 19.0. The van der Waals surface area contributed by atoms with Gasteiger partial charge >= 0.3 is 13.2 Å². The molecule has 2 bridgehead atoms. The van der Waals surface area contributed by atoms with Gasteiger partial charge in [-0.2, -0.15) is 0 Å². The predicted octanol–water partition coefficient (Wildman–Crippen LogP) is 6.43. The molecule has 3 amide bonds. The molecule has 1 aromatic carbocycles. The fourth-order valence-corrected chi connectivity index (χ4v) is 9.85. The number of alkyl carbamates (subject to hydrolysis) is 1. The summed E-state index contributed by atoms with van der Waals surface area (Å²) in [5.41, 5.74) is -0.402. The fraction of sp³-hybridized carbons (Fsp3) is 0.763. The second-order valence-corrected chi connectivity index (χ2v) is 16.5. The van der Waals surface area contributed by atoms with E-state index < -0.39 is 24.8 Å². The molecule has 7 atom stereocenters. The topological polar surface area (TPSA) is 106 Å². The lowest BCUT2D eigenvalue weighted by Gasteiger charge is -2.64. The minimum atomic E-state index is -1.16. The van der Waals surface area contributed by atoms with Crippen LogP contribution in [0.1, 0.15) is 118 Å². The van der Waals surface area contributed by atoms with Gasteiger partial charge in [0.05, 0.1) is 17.6 Å². The molecule has 48 heavy (non-hydrogen) atoms. The Hall–Kier alpha value is -2.59. The van der Waals surface area contributed by atoms with Gasteiger partial charge in [-0.05, 0) is 80.1 Å². The average molecular weight is 664 g/mol. The van der Waals surface area contributed by atoms with E-state index in [1.807, 2.05) is 44.2 Å². The summed E-state index contributed by atoms with van der Waals surface area (Å²) in [4.78, 5) is 44.1. The van der Waals surface area contributed by atoms with Crippen molar-refractivity contribution in [1.82, 2.24) is 15.5 Å². The SMILES string of the molecule is CCC(NC(=O)[C@H](CC1CCCCC1)N1CCCC(NC(=O)OCc2ccccc2)(C(C)C)C1=O)B1OC2CC3CC(C3(C)C)C2(C)O1. The normalized spacial score (nSPS) is 32.6. The maximum Gasteiger partial charge on any atom is 0.481 e. The number of hydrogen-bond acceptors (Lipinski definition) is 6. The number of nitrogens with one attached hydrogen (secondary N) is 2. The molecule has 0 radical (unpaired) electrons. The van der Waals surface area contributed by atoms with Crippen molar-refractivity contribution in [2.24, 2.45) is 29.1 Å². The van der Waals surface area contributed by atoms with Gasteiger partial charge in [0.25, 0.3) is 0 Å². The van der Waals surface area contributed by atoms with Crippen LogP contribution in [-0.4, -0.2) is 65.7 Å². The third-order valence-corrected chi connectivity index (χ3v) is 13.2. The van der Waals surface area contributed by atoms with Gasteiger partial charge in [0.2, 0.25) is 11.8 Å². The molecule has 0 spiro atoms. The number of piperidine rings is 1. The lowest BCUT2D eigenvalue weighted by atomic mass is 9.43. The zero-order valence-electron chi connectivity index (χ0n) is 30.1. The Morgan fingerprint density at radius 1 is 1.06 bits per heavy atom. The smallest absolute Gasteiger partial charge is 0.445 e. The Bertz CT molecular complexity index is 1320. The highest BCUT2D eigenvalue weighted by Crippen LogP contribution is 2.65. The van der Waals surface area contributed by atoms with Crippen LogP contribution in [0.4, 0.5) is 4.79 Å². The Labute approximate surface area is 288 Å². The van der Waals surface area contributed by atoms with Crippen molar-refractivity contribution in [3.8, 4) is 0 Å². The molecule has 4 saturated carbocycles. The first-order valence-electron chi connectivity index (χ1n) is 18.8. The van der Waals surface area contributed by atoms with Crippen molar-refractivity contribution in [2.75, 3.05) is 6.54 Å². The van der Waals surface area contributed by atoms with E-state index in [-0.39, 0.29) is 47.4 Å². The number of benzene rings is 1. The lowest BCUT2D eigenvalue weighted by molar-refractivity contribution is -0.199. The van der Waals surface area contributed by atoms with E-state index in [9.17, 15) is 14.4 Å². The molecule has 1 aromatic rings. The van der Waals surface area contributed by atoms with Gasteiger partial charge in [0.1, 0.15) is 18.2 Å². The van der Waals surface area contributed by atoms with Crippen molar-refractivity contribution >= 4 is 25.0 Å². The second-order valence-electron chi connectivity index (χ2n) is 16.5. The molecule has 4 aliphatic carbocycles. The second kappa shape index (κ2) is 14.0. The predicted molar refractivity (Wildman–Crippen MR) is 186 cm³/mol. The summed E-state index contributed by atoms with van der Waals surface area (Å²) in [6, 6.07) is 8.87. The van der Waals surface area contributed by atoms with Crippen molar-refractivity contribution in [2.45, 2.75) is 148 Å². The molecule has 6 fully saturated rings. The number of amides is 3. The van der Waals surface area contributed by atoms with Gasteiger partial charge in [-0.25, -0.2) is 4.79 Å². The quantitative estimate of drug-likeness (QED) is 0.265. The van der Waals surface area contributed by atoms with Crippen LogP contribution in [0.3, 0.4) is 0 Å². The monoisotopic (exact) mass is 663 g/mol. The first kappa shape index (κ1) is 35.2. The summed E-state index contributed by atoms with van der Waals surface area (Å²) in [6.07, 6.45) is 9.68. The number of ether oxygens (including phenoxy) is 1. The van der Waals surface area contributed by atoms with Crippen LogP contribution in [0, 0.1) is 29.1 Å². The van der Waals surface area contributed by atoms with Gasteiger partial charge in [-0.15, -0.1) is 0 Å².